The summed E-state index contributed by atoms with van der Waals surface area (Å²) in [5.74, 6) is -0.397. The maximum Gasteiger partial charge on any atom is 0.295 e. The van der Waals surface area contributed by atoms with E-state index in [1.165, 1.54) is 16.8 Å². The Morgan fingerprint density at radius 1 is 1.12 bits per heavy atom. The van der Waals surface area contributed by atoms with Gasteiger partial charge < -0.3 is 5.32 Å². The molecule has 0 atom stereocenters. The van der Waals surface area contributed by atoms with Crippen LogP contribution < -0.4 is 15.2 Å². The van der Waals surface area contributed by atoms with Gasteiger partial charge in [0, 0.05) is 25.0 Å². The molecule has 0 saturated heterocycles. The van der Waals surface area contributed by atoms with E-state index in [1.807, 2.05) is 18.2 Å². The van der Waals surface area contributed by atoms with Gasteiger partial charge in [0.25, 0.3) is 5.56 Å². The number of sulfonamides is 1. The van der Waals surface area contributed by atoms with Gasteiger partial charge in [0.2, 0.25) is 15.9 Å². The third kappa shape index (κ3) is 5.61. The van der Waals surface area contributed by atoms with E-state index < -0.39 is 15.9 Å². The van der Waals surface area contributed by atoms with Gasteiger partial charge in [-0.1, -0.05) is 41.4 Å². The molecule has 176 valence electrons. The molecule has 0 radical (unpaired) electrons. The smallest absolute Gasteiger partial charge is 0.295 e. The van der Waals surface area contributed by atoms with E-state index in [0.29, 0.717) is 16.4 Å². The van der Waals surface area contributed by atoms with Gasteiger partial charge in [-0.15, -0.1) is 0 Å². The zero-order chi connectivity index (χ0) is 24.3. The first-order valence-corrected chi connectivity index (χ1v) is 12.7. The fourth-order valence-electron chi connectivity index (χ4n) is 3.44. The molecular formula is C22H24Cl2N4O4S. The average molecular weight is 511 g/mol. The van der Waals surface area contributed by atoms with Crippen molar-refractivity contribution >= 4 is 50.5 Å². The number of rotatable bonds is 8. The zero-order valence-corrected chi connectivity index (χ0v) is 20.7. The zero-order valence-electron chi connectivity index (χ0n) is 18.4. The number of amides is 1. The standard InChI is InChI=1S/C22H24Cl2N4O4S/c1-15-21(22(30)28(26(15)2)17-8-5-4-6-9-17)25-20(29)10-7-13-27(33(3,31)32)19-14-16(23)11-12-18(19)24/h4-6,8-9,11-12,14H,7,10,13H2,1-3H3,(H,25,29). The largest absolute Gasteiger partial charge is 0.320 e. The van der Waals surface area contributed by atoms with Gasteiger partial charge in [-0.05, 0) is 43.7 Å². The van der Waals surface area contributed by atoms with Crippen molar-refractivity contribution in [1.82, 2.24) is 9.36 Å². The molecule has 11 heteroatoms. The molecule has 1 N–H and O–H groups in total. The highest BCUT2D eigenvalue weighted by Gasteiger charge is 2.22. The molecule has 0 aliphatic carbocycles. The van der Waals surface area contributed by atoms with Crippen molar-refractivity contribution in [2.75, 3.05) is 22.4 Å². The molecule has 3 rings (SSSR count). The predicted octanol–water partition coefficient (Wildman–Crippen LogP) is 3.98. The van der Waals surface area contributed by atoms with E-state index in [4.69, 9.17) is 23.2 Å². The molecule has 1 heterocycles. The molecule has 8 nitrogen and oxygen atoms in total. The van der Waals surface area contributed by atoms with E-state index >= 15 is 0 Å². The lowest BCUT2D eigenvalue weighted by molar-refractivity contribution is -0.116. The molecule has 2 aromatic carbocycles. The minimum atomic E-state index is -3.66. The van der Waals surface area contributed by atoms with Crippen molar-refractivity contribution in [2.24, 2.45) is 7.05 Å². The molecule has 0 bridgehead atoms. The van der Waals surface area contributed by atoms with Crippen molar-refractivity contribution in [2.45, 2.75) is 19.8 Å². The molecule has 3 aromatic rings. The number of nitrogens with one attached hydrogen (secondary N) is 1. The van der Waals surface area contributed by atoms with Crippen molar-refractivity contribution in [3.63, 3.8) is 0 Å². The molecule has 1 aromatic heterocycles. The summed E-state index contributed by atoms with van der Waals surface area (Å²) in [6.07, 6.45) is 1.27. The summed E-state index contributed by atoms with van der Waals surface area (Å²) < 4.78 is 28.9. The molecule has 0 aliphatic heterocycles. The molecule has 0 spiro atoms. The van der Waals surface area contributed by atoms with E-state index in [9.17, 15) is 18.0 Å². The van der Waals surface area contributed by atoms with Gasteiger partial charge in [-0.2, -0.15) is 0 Å². The van der Waals surface area contributed by atoms with E-state index in [1.54, 1.807) is 36.9 Å². The third-order valence-electron chi connectivity index (χ3n) is 5.16. The molecular weight excluding hydrogens is 487 g/mol. The Kier molecular flexibility index (Phi) is 7.56. The topological polar surface area (TPSA) is 93.4 Å². The number of hydrogen-bond donors (Lipinski definition) is 1. The lowest BCUT2D eigenvalue weighted by Gasteiger charge is -2.23. The number of hydrogen-bond acceptors (Lipinski definition) is 4. The Morgan fingerprint density at radius 3 is 2.42 bits per heavy atom. The Bertz CT molecular complexity index is 1330. The number of carbonyl (C=O) groups is 1. The summed E-state index contributed by atoms with van der Waals surface area (Å²) in [4.78, 5) is 25.5. The van der Waals surface area contributed by atoms with Crippen LogP contribution in [0.1, 0.15) is 18.5 Å². The normalized spacial score (nSPS) is 11.4. The average Bonchev–Trinajstić information content (AvgIpc) is 2.96. The summed E-state index contributed by atoms with van der Waals surface area (Å²) >= 11 is 12.2. The maximum absolute atomic E-state index is 12.9. The first kappa shape index (κ1) is 24.9. The van der Waals surface area contributed by atoms with Crippen molar-refractivity contribution in [1.29, 1.82) is 0 Å². The van der Waals surface area contributed by atoms with Gasteiger partial charge in [-0.25, -0.2) is 13.1 Å². The first-order chi connectivity index (χ1) is 15.5. The molecule has 0 saturated carbocycles. The van der Waals surface area contributed by atoms with Gasteiger partial charge in [0.15, 0.2) is 0 Å². The van der Waals surface area contributed by atoms with Crippen LogP contribution in [0, 0.1) is 6.92 Å². The number of aromatic nitrogens is 2. The van der Waals surface area contributed by atoms with Crippen molar-refractivity contribution in [3.05, 3.63) is 74.6 Å². The van der Waals surface area contributed by atoms with Crippen LogP contribution >= 0.6 is 23.2 Å². The number of halogens is 2. The molecule has 0 aliphatic rings. The van der Waals surface area contributed by atoms with Crippen LogP contribution in [0.15, 0.2) is 53.3 Å². The van der Waals surface area contributed by atoms with Crippen LogP contribution in [-0.2, 0) is 21.9 Å². The number of para-hydroxylation sites is 1. The van der Waals surface area contributed by atoms with Crippen LogP contribution in [0.4, 0.5) is 11.4 Å². The monoisotopic (exact) mass is 510 g/mol. The molecule has 0 fully saturated rings. The van der Waals surface area contributed by atoms with Crippen LogP contribution in [0.25, 0.3) is 5.69 Å². The van der Waals surface area contributed by atoms with Crippen LogP contribution in [0.3, 0.4) is 0 Å². The number of anilines is 2. The van der Waals surface area contributed by atoms with E-state index in [-0.39, 0.29) is 41.3 Å². The highest BCUT2D eigenvalue weighted by molar-refractivity contribution is 7.92. The Labute approximate surface area is 202 Å². The predicted molar refractivity (Wildman–Crippen MR) is 132 cm³/mol. The van der Waals surface area contributed by atoms with Gasteiger partial charge in [0.1, 0.15) is 5.69 Å². The second kappa shape index (κ2) is 10.0. The van der Waals surface area contributed by atoms with Crippen molar-refractivity contribution < 1.29 is 13.2 Å². The molecule has 0 unspecified atom stereocenters. The fraction of sp³-hybridized carbons (Fsp3) is 0.273. The summed E-state index contributed by atoms with van der Waals surface area (Å²) in [5, 5.41) is 3.25. The molecule has 1 amide bonds. The van der Waals surface area contributed by atoms with Gasteiger partial charge in [0.05, 0.1) is 28.3 Å². The Morgan fingerprint density at radius 2 is 1.79 bits per heavy atom. The van der Waals surface area contributed by atoms with Crippen LogP contribution in [0.5, 0.6) is 0 Å². The lowest BCUT2D eigenvalue weighted by atomic mass is 10.2. The summed E-state index contributed by atoms with van der Waals surface area (Å²) in [6.45, 7) is 1.76. The second-order valence-electron chi connectivity index (χ2n) is 7.52. The first-order valence-electron chi connectivity index (χ1n) is 10.1. The summed E-state index contributed by atoms with van der Waals surface area (Å²) in [5.41, 5.74) is 1.36. The Hall–Kier alpha value is -2.75. The second-order valence-corrected chi connectivity index (χ2v) is 10.3. The fourth-order valence-corrected chi connectivity index (χ4v) is 4.84. The minimum Gasteiger partial charge on any atom is -0.320 e. The van der Waals surface area contributed by atoms with Gasteiger partial charge >= 0.3 is 0 Å². The lowest BCUT2D eigenvalue weighted by Crippen LogP contribution is -2.32. The summed E-state index contributed by atoms with van der Waals surface area (Å²) in [6, 6.07) is 13.6. The highest BCUT2D eigenvalue weighted by Crippen LogP contribution is 2.31. The van der Waals surface area contributed by atoms with Crippen molar-refractivity contribution in [3.8, 4) is 5.69 Å². The third-order valence-corrected chi connectivity index (χ3v) is 6.90. The summed E-state index contributed by atoms with van der Waals surface area (Å²) in [7, 11) is -1.92. The molecule has 33 heavy (non-hydrogen) atoms. The van der Waals surface area contributed by atoms with Crippen LogP contribution in [-0.4, -0.2) is 36.5 Å². The van der Waals surface area contributed by atoms with Gasteiger partial charge in [-0.3, -0.25) is 18.6 Å². The quantitative estimate of drug-likeness (QED) is 0.495. The minimum absolute atomic E-state index is 0.00329. The Balaban J connectivity index is 1.73. The number of nitrogens with zero attached hydrogens (tertiary/aromatic N) is 3. The maximum atomic E-state index is 12.9. The van der Waals surface area contributed by atoms with E-state index in [0.717, 1.165) is 10.6 Å². The van der Waals surface area contributed by atoms with E-state index in [2.05, 4.69) is 5.32 Å². The number of carbonyl (C=O) groups excluding carboxylic acids is 1. The SMILES string of the molecule is Cc1c(NC(=O)CCCN(c2cc(Cl)ccc2Cl)S(C)(=O)=O)c(=O)n(-c2ccccc2)n1C. The van der Waals surface area contributed by atoms with Crippen LogP contribution in [0.2, 0.25) is 10.0 Å². The highest BCUT2D eigenvalue weighted by atomic mass is 35.5. The number of benzene rings is 2.